The van der Waals surface area contributed by atoms with Crippen molar-refractivity contribution in [3.63, 3.8) is 0 Å². The molecule has 0 atom stereocenters. The molecular weight excluding hydrogens is 276 g/mol. The number of hydrogen-bond acceptors (Lipinski definition) is 5. The van der Waals surface area contributed by atoms with E-state index in [0.717, 1.165) is 17.7 Å². The number of carboxylic acid groups (broad SMARTS) is 1. The van der Waals surface area contributed by atoms with Crippen molar-refractivity contribution >= 4 is 12.1 Å². The first-order valence-corrected chi connectivity index (χ1v) is 6.01. The Hall–Kier alpha value is -3.02. The average molecular weight is 288 g/mol. The molecule has 2 aromatic rings. The lowest BCUT2D eigenvalue weighted by Crippen LogP contribution is -2.10. The highest BCUT2D eigenvalue weighted by atomic mass is 16.7. The Morgan fingerprint density at radius 3 is 2.38 bits per heavy atom. The number of phenols is 1. The van der Waals surface area contributed by atoms with E-state index in [1.165, 1.54) is 6.07 Å². The SMILES string of the molecule is O=C(OCc1ccccc1)Oc1ccc(C(=O)O)c(O)c1. The molecule has 0 saturated heterocycles. The smallest absolute Gasteiger partial charge is 0.507 e. The summed E-state index contributed by atoms with van der Waals surface area (Å²) >= 11 is 0. The standard InChI is InChI=1S/C15H12O6/c16-13-8-11(6-7-12(13)14(17)18)21-15(19)20-9-10-4-2-1-3-5-10/h1-8,16H,9H2,(H,17,18). The summed E-state index contributed by atoms with van der Waals surface area (Å²) in [6.45, 7) is 0.0544. The summed E-state index contributed by atoms with van der Waals surface area (Å²) < 4.78 is 9.73. The van der Waals surface area contributed by atoms with Crippen LogP contribution in [0.4, 0.5) is 4.79 Å². The molecule has 0 aromatic heterocycles. The molecule has 108 valence electrons. The maximum atomic E-state index is 11.5. The molecule has 0 fully saturated rings. The van der Waals surface area contributed by atoms with Gasteiger partial charge in [-0.2, -0.15) is 0 Å². The molecule has 0 amide bonds. The largest absolute Gasteiger partial charge is 0.514 e. The summed E-state index contributed by atoms with van der Waals surface area (Å²) in [6.07, 6.45) is -0.943. The third-order valence-electron chi connectivity index (χ3n) is 2.60. The number of carbonyl (C=O) groups is 2. The van der Waals surface area contributed by atoms with Gasteiger partial charge in [0, 0.05) is 6.07 Å². The van der Waals surface area contributed by atoms with Crippen LogP contribution in [0.25, 0.3) is 0 Å². The van der Waals surface area contributed by atoms with Crippen LogP contribution < -0.4 is 4.74 Å². The van der Waals surface area contributed by atoms with Crippen molar-refractivity contribution in [2.45, 2.75) is 6.61 Å². The third kappa shape index (κ3) is 3.97. The zero-order valence-corrected chi connectivity index (χ0v) is 10.9. The van der Waals surface area contributed by atoms with E-state index in [-0.39, 0.29) is 17.9 Å². The Morgan fingerprint density at radius 2 is 1.76 bits per heavy atom. The summed E-state index contributed by atoms with van der Waals surface area (Å²) in [5.74, 6) is -1.77. The van der Waals surface area contributed by atoms with Gasteiger partial charge in [0.25, 0.3) is 0 Å². The minimum absolute atomic E-state index is 0.00411. The van der Waals surface area contributed by atoms with Crippen molar-refractivity contribution in [1.82, 2.24) is 0 Å². The molecule has 2 rings (SSSR count). The Balaban J connectivity index is 1.94. The van der Waals surface area contributed by atoms with Crippen LogP contribution >= 0.6 is 0 Å². The van der Waals surface area contributed by atoms with Crippen LogP contribution in [-0.4, -0.2) is 22.3 Å². The second kappa shape index (κ2) is 6.42. The van der Waals surface area contributed by atoms with Crippen LogP contribution in [-0.2, 0) is 11.3 Å². The number of carboxylic acids is 1. The highest BCUT2D eigenvalue weighted by Gasteiger charge is 2.12. The molecule has 6 heteroatoms. The molecule has 2 aromatic carbocycles. The van der Waals surface area contributed by atoms with E-state index in [1.54, 1.807) is 12.1 Å². The number of aromatic hydroxyl groups is 1. The molecular formula is C15H12O6. The first kappa shape index (κ1) is 14.4. The van der Waals surface area contributed by atoms with Gasteiger partial charge < -0.3 is 19.7 Å². The maximum absolute atomic E-state index is 11.5. The first-order valence-electron chi connectivity index (χ1n) is 6.01. The minimum Gasteiger partial charge on any atom is -0.507 e. The lowest BCUT2D eigenvalue weighted by atomic mass is 10.2. The molecule has 0 aliphatic carbocycles. The van der Waals surface area contributed by atoms with Crippen LogP contribution in [0.2, 0.25) is 0 Å². The average Bonchev–Trinajstić information content (AvgIpc) is 2.46. The molecule has 0 bridgehead atoms. The van der Waals surface area contributed by atoms with Gasteiger partial charge in [0.1, 0.15) is 23.7 Å². The topological polar surface area (TPSA) is 93.1 Å². The lowest BCUT2D eigenvalue weighted by Gasteiger charge is -2.07. The van der Waals surface area contributed by atoms with Gasteiger partial charge in [0.2, 0.25) is 0 Å². The van der Waals surface area contributed by atoms with Crippen LogP contribution in [0.1, 0.15) is 15.9 Å². The maximum Gasteiger partial charge on any atom is 0.514 e. The van der Waals surface area contributed by atoms with E-state index in [9.17, 15) is 14.7 Å². The zero-order valence-electron chi connectivity index (χ0n) is 10.9. The van der Waals surface area contributed by atoms with Crippen molar-refractivity contribution in [3.05, 3.63) is 59.7 Å². The number of carbonyl (C=O) groups excluding carboxylic acids is 1. The van der Waals surface area contributed by atoms with Crippen molar-refractivity contribution in [2.24, 2.45) is 0 Å². The molecule has 0 heterocycles. The van der Waals surface area contributed by atoms with Crippen LogP contribution in [0.5, 0.6) is 11.5 Å². The second-order valence-corrected chi connectivity index (χ2v) is 4.11. The van der Waals surface area contributed by atoms with E-state index in [4.69, 9.17) is 14.6 Å². The summed E-state index contributed by atoms with van der Waals surface area (Å²) in [5, 5.41) is 18.2. The minimum atomic E-state index is -1.27. The number of aromatic carboxylic acids is 1. The van der Waals surface area contributed by atoms with Gasteiger partial charge in [-0.1, -0.05) is 30.3 Å². The van der Waals surface area contributed by atoms with Gasteiger partial charge in [0.05, 0.1) is 0 Å². The molecule has 0 saturated carbocycles. The zero-order chi connectivity index (χ0) is 15.2. The van der Waals surface area contributed by atoms with Gasteiger partial charge in [-0.25, -0.2) is 9.59 Å². The van der Waals surface area contributed by atoms with Crippen LogP contribution in [0.3, 0.4) is 0 Å². The van der Waals surface area contributed by atoms with E-state index in [2.05, 4.69) is 0 Å². The van der Waals surface area contributed by atoms with E-state index < -0.39 is 17.9 Å². The van der Waals surface area contributed by atoms with E-state index in [0.29, 0.717) is 0 Å². The Kier molecular flexibility index (Phi) is 4.40. The molecule has 2 N–H and O–H groups in total. The van der Waals surface area contributed by atoms with Gasteiger partial charge in [-0.15, -0.1) is 0 Å². The summed E-state index contributed by atoms with van der Waals surface area (Å²) in [7, 11) is 0. The van der Waals surface area contributed by atoms with Gasteiger partial charge in [0.15, 0.2) is 0 Å². The molecule has 0 aliphatic rings. The molecule has 6 nitrogen and oxygen atoms in total. The highest BCUT2D eigenvalue weighted by molar-refractivity contribution is 5.91. The second-order valence-electron chi connectivity index (χ2n) is 4.11. The summed E-state index contributed by atoms with van der Waals surface area (Å²) in [4.78, 5) is 22.2. The Labute approximate surface area is 120 Å². The Morgan fingerprint density at radius 1 is 1.05 bits per heavy atom. The van der Waals surface area contributed by atoms with E-state index >= 15 is 0 Å². The lowest BCUT2D eigenvalue weighted by molar-refractivity contribution is 0.0693. The monoisotopic (exact) mass is 288 g/mol. The fraction of sp³-hybridized carbons (Fsp3) is 0.0667. The molecule has 0 unspecified atom stereocenters. The van der Waals surface area contributed by atoms with Crippen molar-refractivity contribution < 1.29 is 29.3 Å². The van der Waals surface area contributed by atoms with Crippen molar-refractivity contribution in [2.75, 3.05) is 0 Å². The van der Waals surface area contributed by atoms with Gasteiger partial charge in [-0.05, 0) is 17.7 Å². The van der Waals surface area contributed by atoms with Crippen molar-refractivity contribution in [1.29, 1.82) is 0 Å². The quantitative estimate of drug-likeness (QED) is 0.663. The normalized spacial score (nSPS) is 9.90. The molecule has 0 radical (unpaired) electrons. The number of rotatable bonds is 4. The predicted octanol–water partition coefficient (Wildman–Crippen LogP) is 2.81. The molecule has 21 heavy (non-hydrogen) atoms. The first-order chi connectivity index (χ1) is 10.1. The van der Waals surface area contributed by atoms with Crippen LogP contribution in [0, 0.1) is 0 Å². The number of benzene rings is 2. The molecule has 0 spiro atoms. The fourth-order valence-corrected chi connectivity index (χ4v) is 1.60. The molecule has 0 aliphatic heterocycles. The number of ether oxygens (including phenoxy) is 2. The third-order valence-corrected chi connectivity index (χ3v) is 2.60. The van der Waals surface area contributed by atoms with Gasteiger partial charge in [-0.3, -0.25) is 0 Å². The van der Waals surface area contributed by atoms with Gasteiger partial charge >= 0.3 is 12.1 Å². The summed E-state index contributed by atoms with van der Waals surface area (Å²) in [6, 6.07) is 12.5. The summed E-state index contributed by atoms with van der Waals surface area (Å²) in [5.41, 5.74) is 0.526. The number of hydrogen-bond donors (Lipinski definition) is 2. The fourth-order valence-electron chi connectivity index (χ4n) is 1.60. The predicted molar refractivity (Wildman–Crippen MR) is 72.3 cm³/mol. The van der Waals surface area contributed by atoms with E-state index in [1.807, 2.05) is 18.2 Å². The van der Waals surface area contributed by atoms with Crippen molar-refractivity contribution in [3.8, 4) is 11.5 Å². The van der Waals surface area contributed by atoms with Crippen LogP contribution in [0.15, 0.2) is 48.5 Å². The Bertz CT molecular complexity index is 650. The highest BCUT2D eigenvalue weighted by Crippen LogP contribution is 2.23.